The van der Waals surface area contributed by atoms with Crippen LogP contribution in [0.2, 0.25) is 0 Å². The zero-order chi connectivity index (χ0) is 51.1. The molecule has 12 nitrogen and oxygen atoms in total. The van der Waals surface area contributed by atoms with Crippen molar-refractivity contribution in [2.45, 2.75) is 83.5 Å². The van der Waals surface area contributed by atoms with Crippen molar-refractivity contribution in [3.05, 3.63) is 85.1 Å². The van der Waals surface area contributed by atoms with Crippen molar-refractivity contribution in [3.8, 4) is 0 Å². The minimum atomic E-state index is -0.353. The monoisotopic (exact) mass is 1020 g/mol. The molecule has 23 atom stereocenters. The highest BCUT2D eigenvalue weighted by Crippen LogP contribution is 2.61. The second-order valence-electron chi connectivity index (χ2n) is 25.7. The molecule has 75 heavy (non-hydrogen) atoms. The van der Waals surface area contributed by atoms with Gasteiger partial charge in [-0.1, -0.05) is 85.1 Å². The van der Waals surface area contributed by atoms with Gasteiger partial charge in [-0.15, -0.1) is 0 Å². The summed E-state index contributed by atoms with van der Waals surface area (Å²) in [6.07, 6.45) is 43.0. The number of carbonyl (C=O) groups is 7. The molecule has 0 saturated heterocycles. The number of carbonyl (C=O) groups excluding carboxylic acids is 7. The molecule has 0 aromatic rings. The Morgan fingerprint density at radius 3 is 0.787 bits per heavy atom. The molecule has 8 fully saturated rings. The average molecular weight is 1020 g/mol. The van der Waals surface area contributed by atoms with E-state index < -0.39 is 0 Å². The zero-order valence-electron chi connectivity index (χ0n) is 43.1. The Morgan fingerprint density at radius 1 is 0.320 bits per heavy atom. The van der Waals surface area contributed by atoms with E-state index in [0.29, 0.717) is 96.3 Å². The summed E-state index contributed by atoms with van der Waals surface area (Å²) in [6.45, 7) is 0.999. The molecule has 0 heterocycles. The number of esters is 5. The van der Waals surface area contributed by atoms with Crippen molar-refractivity contribution in [2.75, 3.05) is 33.0 Å². The van der Waals surface area contributed by atoms with Crippen LogP contribution in [0.3, 0.4) is 0 Å². The van der Waals surface area contributed by atoms with Crippen LogP contribution >= 0.6 is 0 Å². The summed E-state index contributed by atoms with van der Waals surface area (Å²) in [7, 11) is 0. The molecule has 23 unspecified atom stereocenters. The van der Waals surface area contributed by atoms with Gasteiger partial charge in [-0.25, -0.2) is 0 Å². The zero-order valence-corrected chi connectivity index (χ0v) is 43.1. The van der Waals surface area contributed by atoms with E-state index in [1.807, 2.05) is 0 Å². The molecule has 0 aromatic heterocycles. The Hall–Kier alpha value is -5.13. The van der Waals surface area contributed by atoms with Gasteiger partial charge in [0.1, 0.15) is 31.4 Å². The first-order valence-corrected chi connectivity index (χ1v) is 29.2. The van der Waals surface area contributed by atoms with Gasteiger partial charge in [0.05, 0.1) is 48.7 Å². The lowest BCUT2D eigenvalue weighted by Crippen LogP contribution is -2.50. The first kappa shape index (κ1) is 49.4. The molecular weight excluding hydrogens is 949 g/mol. The van der Waals surface area contributed by atoms with Gasteiger partial charge in [0.15, 0.2) is 0 Å². The highest BCUT2D eigenvalue weighted by molar-refractivity contribution is 6.02. The van der Waals surface area contributed by atoms with Crippen molar-refractivity contribution < 1.29 is 57.2 Å². The third kappa shape index (κ3) is 9.41. The topological polar surface area (TPSA) is 166 Å². The Labute approximate surface area is 440 Å². The number of Topliss-reactive ketones (excluding diaryl/α,β-unsaturated/α-hetero) is 2. The normalized spacial score (nSPS) is 44.5. The van der Waals surface area contributed by atoms with Crippen LogP contribution in [0, 0.1) is 142 Å². The molecule has 0 radical (unpaired) electrons. The van der Waals surface area contributed by atoms with E-state index in [2.05, 4.69) is 85.1 Å². The minimum Gasteiger partial charge on any atom is -0.465 e. The summed E-state index contributed by atoms with van der Waals surface area (Å²) in [4.78, 5) is 87.9. The van der Waals surface area contributed by atoms with E-state index in [1.54, 1.807) is 0 Å². The van der Waals surface area contributed by atoms with Crippen molar-refractivity contribution in [1.82, 2.24) is 0 Å². The first-order chi connectivity index (χ1) is 36.5. The van der Waals surface area contributed by atoms with E-state index >= 15 is 0 Å². The fraction of sp³-hybridized carbons (Fsp3) is 0.667. The Kier molecular flexibility index (Phi) is 13.4. The number of rotatable bonds is 15. The van der Waals surface area contributed by atoms with Crippen LogP contribution in [0.4, 0.5) is 0 Å². The first-order valence-electron chi connectivity index (χ1n) is 29.2. The number of fused-ring (bicyclic) bond motifs is 20. The van der Waals surface area contributed by atoms with Gasteiger partial charge in [0.25, 0.3) is 0 Å². The molecule has 0 aromatic carbocycles. The summed E-state index contributed by atoms with van der Waals surface area (Å²) in [5, 5.41) is 0. The lowest BCUT2D eigenvalue weighted by atomic mass is 9.60. The fourth-order valence-electron chi connectivity index (χ4n) is 17.6. The number of allylic oxidation sites excluding steroid dienone is 14. The maximum absolute atomic E-state index is 12.8. The molecule has 15 aliphatic rings. The van der Waals surface area contributed by atoms with E-state index in [1.165, 1.54) is 0 Å². The van der Waals surface area contributed by atoms with E-state index in [4.69, 9.17) is 23.7 Å². The molecule has 14 bridgehead atoms. The van der Waals surface area contributed by atoms with E-state index in [9.17, 15) is 33.6 Å². The van der Waals surface area contributed by atoms with Gasteiger partial charge in [-0.2, -0.15) is 0 Å². The van der Waals surface area contributed by atoms with Crippen LogP contribution < -0.4 is 0 Å². The van der Waals surface area contributed by atoms with Gasteiger partial charge in [-0.3, -0.25) is 33.6 Å². The predicted octanol–water partition coefficient (Wildman–Crippen LogP) is 8.77. The maximum Gasteiger partial charge on any atom is 0.309 e. The lowest BCUT2D eigenvalue weighted by Gasteiger charge is -2.40. The second-order valence-corrected chi connectivity index (χ2v) is 25.7. The van der Waals surface area contributed by atoms with Crippen LogP contribution in [-0.2, 0) is 57.2 Å². The Balaban J connectivity index is 0.000000114. The average Bonchev–Trinajstić information content (AvgIpc) is 4.27. The van der Waals surface area contributed by atoms with E-state index in [0.717, 1.165) is 77.0 Å². The third-order valence-electron chi connectivity index (χ3n) is 21.3. The number of hydrogen-bond acceptors (Lipinski definition) is 12. The second kappa shape index (κ2) is 20.3. The highest BCUT2D eigenvalue weighted by atomic mass is 16.6. The third-order valence-corrected chi connectivity index (χ3v) is 21.3. The van der Waals surface area contributed by atoms with Crippen molar-refractivity contribution >= 4 is 41.4 Å². The van der Waals surface area contributed by atoms with Crippen LogP contribution in [0.25, 0.3) is 0 Å². The summed E-state index contributed by atoms with van der Waals surface area (Å²) in [5.74, 6) is 5.57. The van der Waals surface area contributed by atoms with E-state index in [-0.39, 0.29) is 127 Å². The predicted molar refractivity (Wildman–Crippen MR) is 273 cm³/mol. The van der Waals surface area contributed by atoms with Crippen LogP contribution in [-0.4, -0.2) is 74.4 Å². The molecule has 0 aliphatic heterocycles. The number of ketones is 2. The molecule has 0 spiro atoms. The summed E-state index contributed by atoms with van der Waals surface area (Å²) in [6, 6.07) is 0. The highest BCUT2D eigenvalue weighted by Gasteiger charge is 2.64. The van der Waals surface area contributed by atoms with Crippen molar-refractivity contribution in [2.24, 2.45) is 142 Å². The standard InChI is InChI=1S/C28H34O6.C19H24O4.C16H16O2/c29-26(23-10-16-1-4-20(23)7-16)32-13-19(14-33-27(30)24-11-17-2-5-21(24)8-17)15-34-28(31)25-12-18-3-6-22(25)9-18;20-18(16-10-12-2-4-14(16)8-12)22-6-1-7-23-19(21)17-11-13-3-5-15(17)9-13;17-15-11-7-1-2-8(5-7)12(11)16(18)14-10-4-3-9(6-10)13(14)15/h1-6,16-25H,7-15H2;2-5,12-17H,1,6-11H2;1-4,7-14H,5-6H2. The smallest absolute Gasteiger partial charge is 0.309 e. The fourth-order valence-corrected chi connectivity index (χ4v) is 17.6. The Bertz CT molecular complexity index is 2290. The molecule has 15 aliphatic carbocycles. The van der Waals surface area contributed by atoms with Gasteiger partial charge >= 0.3 is 29.8 Å². The quantitative estimate of drug-likeness (QED) is 0.0664. The van der Waals surface area contributed by atoms with Crippen molar-refractivity contribution in [1.29, 1.82) is 0 Å². The maximum atomic E-state index is 12.8. The summed E-state index contributed by atoms with van der Waals surface area (Å²) >= 11 is 0. The molecule has 12 heteroatoms. The molecule has 0 amide bonds. The van der Waals surface area contributed by atoms with Gasteiger partial charge < -0.3 is 23.7 Å². The van der Waals surface area contributed by atoms with Crippen LogP contribution in [0.15, 0.2) is 85.1 Å². The minimum absolute atomic E-state index is 0.0431. The number of ether oxygens (including phenoxy) is 5. The largest absolute Gasteiger partial charge is 0.465 e. The molecule has 398 valence electrons. The van der Waals surface area contributed by atoms with Gasteiger partial charge in [0.2, 0.25) is 0 Å². The molecular formula is C63H74O12. The van der Waals surface area contributed by atoms with Crippen LogP contribution in [0.5, 0.6) is 0 Å². The molecule has 15 rings (SSSR count). The summed E-state index contributed by atoms with van der Waals surface area (Å²) < 4.78 is 27.8. The van der Waals surface area contributed by atoms with Crippen LogP contribution in [0.1, 0.15) is 83.5 Å². The summed E-state index contributed by atoms with van der Waals surface area (Å²) in [5.41, 5.74) is 0. The SMILES string of the molecule is O=C(OCC(COC(=O)C1CC2C=CC1C2)COC(=O)C1CC2C=CC1C2)C1CC2C=CC1C2.O=C(OCCCOC(=O)C1CC2C=CC1C2)C1CC2C=CC1C2.O=C1C2C3C=CC(C3)C2C(=O)C2C3C=CC(C3)C12. The molecule has 0 N–H and O–H groups in total. The lowest BCUT2D eigenvalue weighted by molar-refractivity contribution is -0.160. The van der Waals surface area contributed by atoms with Gasteiger partial charge in [-0.05, 0) is 160 Å². The Morgan fingerprint density at radius 2 is 0.560 bits per heavy atom. The van der Waals surface area contributed by atoms with Gasteiger partial charge in [0, 0.05) is 30.1 Å². The number of hydrogen-bond donors (Lipinski definition) is 0. The molecule has 8 saturated carbocycles. The van der Waals surface area contributed by atoms with Crippen molar-refractivity contribution in [3.63, 3.8) is 0 Å².